The molecule has 6 nitrogen and oxygen atoms in total. The normalized spacial score (nSPS) is 10.4. The lowest BCUT2D eigenvalue weighted by atomic mass is 10.1. The molecule has 2 aromatic rings. The van der Waals surface area contributed by atoms with Crippen LogP contribution in [0.3, 0.4) is 0 Å². The van der Waals surface area contributed by atoms with Crippen molar-refractivity contribution in [3.63, 3.8) is 0 Å². The van der Waals surface area contributed by atoms with Crippen LogP contribution in [0.2, 0.25) is 0 Å². The number of hydrogen-bond acceptors (Lipinski definition) is 4. The van der Waals surface area contributed by atoms with Gasteiger partial charge in [-0.2, -0.15) is 0 Å². The minimum absolute atomic E-state index is 0.0192. The Bertz CT molecular complexity index is 742. The first-order valence-electron chi connectivity index (χ1n) is 8.22. The fraction of sp³-hybridized carbons (Fsp3) is 0.300. The molecule has 2 aromatic carbocycles. The van der Waals surface area contributed by atoms with Crippen LogP contribution >= 0.6 is 0 Å². The van der Waals surface area contributed by atoms with E-state index in [0.29, 0.717) is 25.3 Å². The lowest BCUT2D eigenvalue weighted by Crippen LogP contribution is -2.27. The van der Waals surface area contributed by atoms with Crippen LogP contribution in [0, 0.1) is 0 Å². The highest BCUT2D eigenvalue weighted by molar-refractivity contribution is 5.78. The fourth-order valence-corrected chi connectivity index (χ4v) is 2.50. The van der Waals surface area contributed by atoms with Crippen LogP contribution in [0.15, 0.2) is 48.5 Å². The topological polar surface area (TPSA) is 76.1 Å². The maximum absolute atomic E-state index is 12.4. The molecule has 0 atom stereocenters. The molecule has 0 saturated heterocycles. The predicted octanol–water partition coefficient (Wildman–Crippen LogP) is 2.50. The SMILES string of the molecule is COCc1cccc(CC(=O)N(C)Cc2ccc(OCC(=O)O)cc2)c1. The summed E-state index contributed by atoms with van der Waals surface area (Å²) < 4.78 is 10.2. The third-order valence-corrected chi connectivity index (χ3v) is 3.79. The predicted molar refractivity (Wildman–Crippen MR) is 96.9 cm³/mol. The Morgan fingerprint density at radius 3 is 2.38 bits per heavy atom. The molecular weight excluding hydrogens is 334 g/mol. The van der Waals surface area contributed by atoms with Gasteiger partial charge >= 0.3 is 5.97 Å². The largest absolute Gasteiger partial charge is 0.482 e. The highest BCUT2D eigenvalue weighted by Gasteiger charge is 2.11. The Balaban J connectivity index is 1.90. The number of carboxylic acids is 1. The number of ether oxygens (including phenoxy) is 2. The lowest BCUT2D eigenvalue weighted by molar-refractivity contribution is -0.139. The van der Waals surface area contributed by atoms with Crippen molar-refractivity contribution in [3.05, 3.63) is 65.2 Å². The fourth-order valence-electron chi connectivity index (χ4n) is 2.50. The molecule has 26 heavy (non-hydrogen) atoms. The molecule has 0 aliphatic rings. The van der Waals surface area contributed by atoms with Crippen molar-refractivity contribution in [2.45, 2.75) is 19.6 Å². The van der Waals surface area contributed by atoms with Gasteiger partial charge in [0.15, 0.2) is 6.61 Å². The molecule has 0 heterocycles. The van der Waals surface area contributed by atoms with Gasteiger partial charge in [0.05, 0.1) is 13.0 Å². The van der Waals surface area contributed by atoms with Gasteiger partial charge in [0, 0.05) is 20.7 Å². The van der Waals surface area contributed by atoms with Crippen LogP contribution in [0.25, 0.3) is 0 Å². The van der Waals surface area contributed by atoms with Crippen molar-refractivity contribution in [1.29, 1.82) is 0 Å². The molecular formula is C20H23NO5. The first-order valence-corrected chi connectivity index (χ1v) is 8.22. The summed E-state index contributed by atoms with van der Waals surface area (Å²) in [7, 11) is 3.40. The molecule has 0 bridgehead atoms. The summed E-state index contributed by atoms with van der Waals surface area (Å²) in [4.78, 5) is 24.6. The number of hydrogen-bond donors (Lipinski definition) is 1. The van der Waals surface area contributed by atoms with Crippen molar-refractivity contribution in [2.75, 3.05) is 20.8 Å². The number of benzene rings is 2. The van der Waals surface area contributed by atoms with Gasteiger partial charge in [-0.15, -0.1) is 0 Å². The number of methoxy groups -OCH3 is 1. The molecule has 0 unspecified atom stereocenters. The summed E-state index contributed by atoms with van der Waals surface area (Å²) in [6, 6.07) is 14.8. The van der Waals surface area contributed by atoms with Gasteiger partial charge in [0.1, 0.15) is 5.75 Å². The molecule has 0 spiro atoms. The van der Waals surface area contributed by atoms with E-state index < -0.39 is 5.97 Å². The van der Waals surface area contributed by atoms with E-state index in [1.165, 1.54) is 0 Å². The van der Waals surface area contributed by atoms with Crippen LogP contribution in [0.5, 0.6) is 5.75 Å². The monoisotopic (exact) mass is 357 g/mol. The van der Waals surface area contributed by atoms with E-state index in [1.54, 1.807) is 31.2 Å². The van der Waals surface area contributed by atoms with E-state index >= 15 is 0 Å². The van der Waals surface area contributed by atoms with Crippen LogP contribution in [0.4, 0.5) is 0 Å². The third-order valence-electron chi connectivity index (χ3n) is 3.79. The van der Waals surface area contributed by atoms with Crippen molar-refractivity contribution in [2.24, 2.45) is 0 Å². The Kier molecular flexibility index (Phi) is 7.17. The average molecular weight is 357 g/mol. The zero-order valence-corrected chi connectivity index (χ0v) is 15.0. The third kappa shape index (κ3) is 6.22. The molecule has 1 amide bonds. The first-order chi connectivity index (χ1) is 12.5. The molecule has 6 heteroatoms. The number of likely N-dealkylation sites (N-methyl/N-ethyl adjacent to an activating group) is 1. The Hall–Kier alpha value is -2.86. The Labute approximate surface area is 153 Å². The number of carboxylic acid groups (broad SMARTS) is 1. The quantitative estimate of drug-likeness (QED) is 0.746. The molecule has 2 rings (SSSR count). The van der Waals surface area contributed by atoms with Gasteiger partial charge in [-0.25, -0.2) is 4.79 Å². The molecule has 0 saturated carbocycles. The first kappa shape index (κ1) is 19.5. The number of aliphatic carboxylic acids is 1. The van der Waals surface area contributed by atoms with E-state index in [9.17, 15) is 9.59 Å². The van der Waals surface area contributed by atoms with Gasteiger partial charge in [0.25, 0.3) is 0 Å². The molecule has 0 aromatic heterocycles. The van der Waals surface area contributed by atoms with E-state index in [2.05, 4.69) is 0 Å². The average Bonchev–Trinajstić information content (AvgIpc) is 2.61. The van der Waals surface area contributed by atoms with E-state index in [-0.39, 0.29) is 12.5 Å². The summed E-state index contributed by atoms with van der Waals surface area (Å²) in [5.41, 5.74) is 2.93. The summed E-state index contributed by atoms with van der Waals surface area (Å²) >= 11 is 0. The number of carbonyl (C=O) groups is 2. The van der Waals surface area contributed by atoms with E-state index in [4.69, 9.17) is 14.6 Å². The zero-order chi connectivity index (χ0) is 18.9. The molecule has 0 aliphatic carbocycles. The van der Waals surface area contributed by atoms with Crippen molar-refractivity contribution in [1.82, 2.24) is 4.90 Å². The highest BCUT2D eigenvalue weighted by atomic mass is 16.5. The Morgan fingerprint density at radius 1 is 1.04 bits per heavy atom. The molecule has 0 aliphatic heterocycles. The molecule has 138 valence electrons. The van der Waals surface area contributed by atoms with E-state index in [0.717, 1.165) is 16.7 Å². The second kappa shape index (κ2) is 9.58. The summed E-state index contributed by atoms with van der Waals surface area (Å²) in [5, 5.41) is 8.60. The number of amides is 1. The summed E-state index contributed by atoms with van der Waals surface area (Å²) in [5.74, 6) is -0.514. The Morgan fingerprint density at radius 2 is 1.73 bits per heavy atom. The lowest BCUT2D eigenvalue weighted by Gasteiger charge is -2.18. The van der Waals surface area contributed by atoms with Crippen LogP contribution < -0.4 is 4.74 Å². The zero-order valence-electron chi connectivity index (χ0n) is 15.0. The second-order valence-corrected chi connectivity index (χ2v) is 6.01. The van der Waals surface area contributed by atoms with E-state index in [1.807, 2.05) is 36.4 Å². The molecule has 1 N–H and O–H groups in total. The van der Waals surface area contributed by atoms with Crippen molar-refractivity contribution >= 4 is 11.9 Å². The smallest absolute Gasteiger partial charge is 0.341 e. The standard InChI is InChI=1S/C20H23NO5/c1-21(12-15-6-8-18(9-7-15)26-14-20(23)24)19(22)11-16-4-3-5-17(10-16)13-25-2/h3-10H,11-14H2,1-2H3,(H,23,24). The maximum atomic E-state index is 12.4. The summed E-state index contributed by atoms with van der Waals surface area (Å²) in [6.07, 6.45) is 0.327. The van der Waals surface area contributed by atoms with Gasteiger partial charge in [-0.3, -0.25) is 4.79 Å². The minimum atomic E-state index is -1.02. The highest BCUT2D eigenvalue weighted by Crippen LogP contribution is 2.14. The van der Waals surface area contributed by atoms with Gasteiger partial charge in [0.2, 0.25) is 5.91 Å². The van der Waals surface area contributed by atoms with Gasteiger partial charge in [-0.05, 0) is 28.8 Å². The van der Waals surface area contributed by atoms with Crippen molar-refractivity contribution in [3.8, 4) is 5.75 Å². The van der Waals surface area contributed by atoms with Crippen molar-refractivity contribution < 1.29 is 24.2 Å². The molecule has 0 radical (unpaired) electrons. The van der Waals surface area contributed by atoms with Gasteiger partial charge in [-0.1, -0.05) is 36.4 Å². The minimum Gasteiger partial charge on any atom is -0.482 e. The van der Waals surface area contributed by atoms with Gasteiger partial charge < -0.3 is 19.5 Å². The summed E-state index contributed by atoms with van der Waals surface area (Å²) in [6.45, 7) is 0.615. The number of nitrogens with zero attached hydrogens (tertiary/aromatic N) is 1. The van der Waals surface area contributed by atoms with Crippen LogP contribution in [-0.2, 0) is 33.9 Å². The van der Waals surface area contributed by atoms with Crippen LogP contribution in [0.1, 0.15) is 16.7 Å². The number of carbonyl (C=O) groups excluding carboxylic acids is 1. The maximum Gasteiger partial charge on any atom is 0.341 e. The molecule has 0 fully saturated rings. The number of rotatable bonds is 9. The van der Waals surface area contributed by atoms with Crippen LogP contribution in [-0.4, -0.2) is 42.6 Å². The second-order valence-electron chi connectivity index (χ2n) is 6.01.